The molecule has 1 fully saturated rings. The van der Waals surface area contributed by atoms with Crippen molar-refractivity contribution in [2.24, 2.45) is 0 Å². The van der Waals surface area contributed by atoms with Crippen LogP contribution in [0.2, 0.25) is 5.02 Å². The molecule has 2 rings (SSSR count). The molecule has 1 aliphatic carbocycles. The average Bonchev–Trinajstić information content (AvgIpc) is 3.02. The van der Waals surface area contributed by atoms with Gasteiger partial charge in [-0.2, -0.15) is 0 Å². The second-order valence-corrected chi connectivity index (χ2v) is 5.11. The highest BCUT2D eigenvalue weighted by Gasteiger charge is 2.25. The van der Waals surface area contributed by atoms with Crippen LogP contribution in [0.15, 0.2) is 22.7 Å². The van der Waals surface area contributed by atoms with E-state index in [2.05, 4.69) is 21.2 Å². The molecule has 1 atom stereocenters. The number of aliphatic hydroxyl groups excluding tert-OH is 1. The lowest BCUT2D eigenvalue weighted by molar-refractivity contribution is 0.243. The molecular weight excluding hydrogens is 277 g/mol. The number of halogens is 2. The van der Waals surface area contributed by atoms with E-state index in [9.17, 15) is 5.11 Å². The third kappa shape index (κ3) is 2.94. The fraction of sp³-hybridized carbons (Fsp3) is 0.455. The van der Waals surface area contributed by atoms with E-state index in [0.717, 1.165) is 10.0 Å². The second kappa shape index (κ2) is 4.83. The van der Waals surface area contributed by atoms with Crippen LogP contribution < -0.4 is 5.32 Å². The topological polar surface area (TPSA) is 32.3 Å². The zero-order chi connectivity index (χ0) is 10.8. The quantitative estimate of drug-likeness (QED) is 0.894. The predicted octanol–water partition coefficient (Wildman–Crippen LogP) is 2.89. The van der Waals surface area contributed by atoms with Crippen molar-refractivity contribution in [2.75, 3.05) is 6.61 Å². The summed E-state index contributed by atoms with van der Waals surface area (Å²) in [6.07, 6.45) is 2.43. The molecule has 1 aromatic rings. The standard InChI is InChI=1S/C11H13BrClNO/c12-9-5-7(1-4-10(9)13)11(6-15)14-8-2-3-8/h1,4-5,8,11,14-15H,2-3,6H2. The van der Waals surface area contributed by atoms with Gasteiger partial charge in [-0.15, -0.1) is 0 Å². The Morgan fingerprint density at radius 1 is 1.53 bits per heavy atom. The minimum absolute atomic E-state index is 0.0195. The molecular formula is C11H13BrClNO. The van der Waals surface area contributed by atoms with Crippen molar-refractivity contribution >= 4 is 27.5 Å². The highest BCUT2D eigenvalue weighted by atomic mass is 79.9. The first-order valence-corrected chi connectivity index (χ1v) is 6.19. The van der Waals surface area contributed by atoms with E-state index in [0.29, 0.717) is 11.1 Å². The van der Waals surface area contributed by atoms with Crippen LogP contribution >= 0.6 is 27.5 Å². The lowest BCUT2D eigenvalue weighted by Crippen LogP contribution is -2.26. The zero-order valence-electron chi connectivity index (χ0n) is 8.21. The summed E-state index contributed by atoms with van der Waals surface area (Å²) in [5, 5.41) is 13.4. The highest BCUT2D eigenvalue weighted by Crippen LogP contribution is 2.28. The molecule has 0 aromatic heterocycles. The van der Waals surface area contributed by atoms with Crippen LogP contribution in [0.3, 0.4) is 0 Å². The molecule has 0 aliphatic heterocycles. The Hall–Kier alpha value is -0.0900. The molecule has 1 aromatic carbocycles. The maximum Gasteiger partial charge on any atom is 0.0626 e. The molecule has 0 spiro atoms. The molecule has 1 saturated carbocycles. The van der Waals surface area contributed by atoms with Gasteiger partial charge in [-0.1, -0.05) is 17.7 Å². The Bertz CT molecular complexity index is 354. The van der Waals surface area contributed by atoms with E-state index >= 15 is 0 Å². The van der Waals surface area contributed by atoms with E-state index in [-0.39, 0.29) is 12.6 Å². The smallest absolute Gasteiger partial charge is 0.0626 e. The molecule has 0 radical (unpaired) electrons. The maximum atomic E-state index is 9.31. The normalized spacial score (nSPS) is 17.8. The third-order valence-corrected chi connectivity index (χ3v) is 3.76. The summed E-state index contributed by atoms with van der Waals surface area (Å²) in [4.78, 5) is 0. The molecule has 2 N–H and O–H groups in total. The first kappa shape index (κ1) is 11.4. The van der Waals surface area contributed by atoms with Crippen LogP contribution in [0.1, 0.15) is 24.4 Å². The zero-order valence-corrected chi connectivity index (χ0v) is 10.6. The van der Waals surface area contributed by atoms with Gasteiger partial charge in [0.25, 0.3) is 0 Å². The Morgan fingerprint density at radius 3 is 2.80 bits per heavy atom. The maximum absolute atomic E-state index is 9.31. The van der Waals surface area contributed by atoms with Gasteiger partial charge in [-0.05, 0) is 46.5 Å². The van der Waals surface area contributed by atoms with Gasteiger partial charge in [0.1, 0.15) is 0 Å². The fourth-order valence-corrected chi connectivity index (χ4v) is 2.03. The minimum atomic E-state index is 0.0195. The Kier molecular flexibility index (Phi) is 3.67. The van der Waals surface area contributed by atoms with Gasteiger partial charge in [0.05, 0.1) is 17.7 Å². The van der Waals surface area contributed by atoms with Gasteiger partial charge in [0.15, 0.2) is 0 Å². The number of hydrogen-bond acceptors (Lipinski definition) is 2. The lowest BCUT2D eigenvalue weighted by Gasteiger charge is -2.16. The van der Waals surface area contributed by atoms with Crippen LogP contribution in [0.25, 0.3) is 0 Å². The van der Waals surface area contributed by atoms with Gasteiger partial charge >= 0.3 is 0 Å². The van der Waals surface area contributed by atoms with Gasteiger partial charge in [-0.25, -0.2) is 0 Å². The predicted molar refractivity (Wildman–Crippen MR) is 65.1 cm³/mol. The third-order valence-electron chi connectivity index (χ3n) is 2.54. The molecule has 82 valence electrons. The van der Waals surface area contributed by atoms with E-state index in [1.165, 1.54) is 12.8 Å². The molecule has 0 amide bonds. The average molecular weight is 291 g/mol. The van der Waals surface area contributed by atoms with Crippen LogP contribution in [-0.4, -0.2) is 17.8 Å². The fourth-order valence-electron chi connectivity index (χ4n) is 1.52. The van der Waals surface area contributed by atoms with Gasteiger partial charge in [0, 0.05) is 10.5 Å². The monoisotopic (exact) mass is 289 g/mol. The molecule has 4 heteroatoms. The number of benzene rings is 1. The summed E-state index contributed by atoms with van der Waals surface area (Å²) in [5.41, 5.74) is 1.07. The van der Waals surface area contributed by atoms with E-state index in [1.807, 2.05) is 18.2 Å². The van der Waals surface area contributed by atoms with E-state index in [1.54, 1.807) is 0 Å². The summed E-state index contributed by atoms with van der Waals surface area (Å²) in [5.74, 6) is 0. The van der Waals surface area contributed by atoms with E-state index < -0.39 is 0 Å². The molecule has 1 aliphatic rings. The molecule has 1 unspecified atom stereocenters. The van der Waals surface area contributed by atoms with Crippen molar-refractivity contribution in [1.82, 2.24) is 5.32 Å². The number of rotatable bonds is 4. The Balaban J connectivity index is 2.13. The van der Waals surface area contributed by atoms with Gasteiger partial charge < -0.3 is 10.4 Å². The van der Waals surface area contributed by atoms with Gasteiger partial charge in [-0.3, -0.25) is 0 Å². The van der Waals surface area contributed by atoms with Crippen molar-refractivity contribution in [3.63, 3.8) is 0 Å². The van der Waals surface area contributed by atoms with Crippen LogP contribution in [0, 0.1) is 0 Å². The van der Waals surface area contributed by atoms with Gasteiger partial charge in [0.2, 0.25) is 0 Å². The summed E-state index contributed by atoms with van der Waals surface area (Å²) < 4.78 is 0.873. The summed E-state index contributed by atoms with van der Waals surface area (Å²) in [6.45, 7) is 0.116. The molecule has 15 heavy (non-hydrogen) atoms. The summed E-state index contributed by atoms with van der Waals surface area (Å²) >= 11 is 9.30. The Morgan fingerprint density at radius 2 is 2.27 bits per heavy atom. The second-order valence-electron chi connectivity index (χ2n) is 3.85. The number of nitrogens with one attached hydrogen (secondary N) is 1. The highest BCUT2D eigenvalue weighted by molar-refractivity contribution is 9.10. The summed E-state index contributed by atoms with van der Waals surface area (Å²) in [7, 11) is 0. The van der Waals surface area contributed by atoms with Crippen molar-refractivity contribution < 1.29 is 5.11 Å². The van der Waals surface area contributed by atoms with Crippen molar-refractivity contribution in [2.45, 2.75) is 24.9 Å². The molecule has 0 heterocycles. The number of hydrogen-bond donors (Lipinski definition) is 2. The largest absolute Gasteiger partial charge is 0.394 e. The number of aliphatic hydroxyl groups is 1. The van der Waals surface area contributed by atoms with Crippen LogP contribution in [0.5, 0.6) is 0 Å². The lowest BCUT2D eigenvalue weighted by atomic mass is 10.1. The van der Waals surface area contributed by atoms with Crippen molar-refractivity contribution in [3.8, 4) is 0 Å². The summed E-state index contributed by atoms with van der Waals surface area (Å²) in [6, 6.07) is 6.35. The first-order chi connectivity index (χ1) is 7.20. The SMILES string of the molecule is OCC(NC1CC1)c1ccc(Cl)c(Br)c1. The van der Waals surface area contributed by atoms with Crippen LogP contribution in [-0.2, 0) is 0 Å². The minimum Gasteiger partial charge on any atom is -0.394 e. The Labute approximate surface area is 103 Å². The van der Waals surface area contributed by atoms with E-state index in [4.69, 9.17) is 11.6 Å². The molecule has 0 bridgehead atoms. The van der Waals surface area contributed by atoms with Crippen molar-refractivity contribution in [1.29, 1.82) is 0 Å². The first-order valence-electron chi connectivity index (χ1n) is 5.02. The van der Waals surface area contributed by atoms with Crippen molar-refractivity contribution in [3.05, 3.63) is 33.3 Å². The van der Waals surface area contributed by atoms with Crippen LogP contribution in [0.4, 0.5) is 0 Å². The molecule has 2 nitrogen and oxygen atoms in total. The molecule has 0 saturated heterocycles.